The van der Waals surface area contributed by atoms with Gasteiger partial charge in [0, 0.05) is 26.1 Å². The molecule has 0 bridgehead atoms. The summed E-state index contributed by atoms with van der Waals surface area (Å²) < 4.78 is 0. The van der Waals surface area contributed by atoms with E-state index in [0.29, 0.717) is 13.0 Å². The van der Waals surface area contributed by atoms with E-state index in [-0.39, 0.29) is 22.4 Å². The lowest BCUT2D eigenvalue weighted by Gasteiger charge is -2.26. The predicted octanol–water partition coefficient (Wildman–Crippen LogP) is 2.25. The molecule has 0 aliphatic carbocycles. The number of hydrogen-bond acceptors (Lipinski definition) is 4. The Morgan fingerprint density at radius 1 is 1.29 bits per heavy atom. The second-order valence-corrected chi connectivity index (χ2v) is 5.34. The molecule has 2 rings (SSSR count). The minimum absolute atomic E-state index is 0.0461. The highest BCUT2D eigenvalue weighted by Crippen LogP contribution is 2.17. The summed E-state index contributed by atoms with van der Waals surface area (Å²) in [7, 11) is 0. The second kappa shape index (κ2) is 7.26. The normalized spacial score (nSPS) is 14.8. The van der Waals surface area contributed by atoms with Crippen molar-refractivity contribution < 1.29 is 14.7 Å². The van der Waals surface area contributed by atoms with Crippen LogP contribution >= 0.6 is 11.6 Å². The molecule has 1 aliphatic heterocycles. The lowest BCUT2D eigenvalue weighted by molar-refractivity contribution is -0.131. The van der Waals surface area contributed by atoms with Crippen molar-refractivity contribution in [2.24, 2.45) is 0 Å². The van der Waals surface area contributed by atoms with Gasteiger partial charge in [0.05, 0.1) is 0 Å². The average molecular weight is 312 g/mol. The Morgan fingerprint density at radius 2 is 2.00 bits per heavy atom. The monoisotopic (exact) mass is 311 g/mol. The number of hydrogen-bond donors (Lipinski definition) is 2. The molecule has 2 heterocycles. The minimum atomic E-state index is -1.08. The topological polar surface area (TPSA) is 82.5 Å². The molecule has 1 aromatic heterocycles. The molecule has 1 fully saturated rings. The number of amides is 1. The van der Waals surface area contributed by atoms with Gasteiger partial charge in [0.25, 0.3) is 0 Å². The van der Waals surface area contributed by atoms with E-state index in [2.05, 4.69) is 10.3 Å². The Hall–Kier alpha value is -1.82. The van der Waals surface area contributed by atoms with Gasteiger partial charge in [-0.15, -0.1) is 0 Å². The predicted molar refractivity (Wildman–Crippen MR) is 79.7 cm³/mol. The minimum Gasteiger partial charge on any atom is -0.478 e. The van der Waals surface area contributed by atoms with Gasteiger partial charge in [-0.25, -0.2) is 9.78 Å². The molecule has 1 aromatic rings. The highest BCUT2D eigenvalue weighted by Gasteiger charge is 2.17. The first-order valence-corrected chi connectivity index (χ1v) is 7.37. The SMILES string of the molecule is O=C(O)c1ccc(Cl)nc1NCCC(=O)N1CCCCC1. The molecule has 7 heteroatoms. The fourth-order valence-electron chi connectivity index (χ4n) is 2.33. The molecular weight excluding hydrogens is 294 g/mol. The van der Waals surface area contributed by atoms with E-state index in [1.54, 1.807) is 0 Å². The van der Waals surface area contributed by atoms with E-state index in [0.717, 1.165) is 25.9 Å². The van der Waals surface area contributed by atoms with E-state index in [1.807, 2.05) is 4.90 Å². The lowest BCUT2D eigenvalue weighted by atomic mass is 10.1. The number of aromatic carboxylic acids is 1. The van der Waals surface area contributed by atoms with E-state index in [4.69, 9.17) is 16.7 Å². The van der Waals surface area contributed by atoms with Crippen molar-refractivity contribution in [3.8, 4) is 0 Å². The van der Waals surface area contributed by atoms with Gasteiger partial charge in [-0.2, -0.15) is 0 Å². The van der Waals surface area contributed by atoms with Crippen LogP contribution in [0.4, 0.5) is 5.82 Å². The summed E-state index contributed by atoms with van der Waals surface area (Å²) in [6.07, 6.45) is 3.60. The maximum Gasteiger partial charge on any atom is 0.339 e. The Morgan fingerprint density at radius 3 is 2.67 bits per heavy atom. The van der Waals surface area contributed by atoms with Gasteiger partial charge in [0.2, 0.25) is 5.91 Å². The number of carboxylic acids is 1. The maximum absolute atomic E-state index is 12.0. The van der Waals surface area contributed by atoms with Crippen molar-refractivity contribution in [1.82, 2.24) is 9.88 Å². The molecule has 0 aromatic carbocycles. The standard InChI is InChI=1S/C14H18ClN3O3/c15-11-5-4-10(14(20)21)13(17-11)16-7-6-12(19)18-8-2-1-3-9-18/h4-5H,1-3,6-9H2,(H,16,17)(H,20,21). The van der Waals surface area contributed by atoms with E-state index in [1.165, 1.54) is 18.6 Å². The highest BCUT2D eigenvalue weighted by molar-refractivity contribution is 6.29. The van der Waals surface area contributed by atoms with Gasteiger partial charge in [0.15, 0.2) is 0 Å². The third kappa shape index (κ3) is 4.32. The summed E-state index contributed by atoms with van der Waals surface area (Å²) in [4.78, 5) is 28.9. The number of halogens is 1. The number of carboxylic acid groups (broad SMARTS) is 1. The summed E-state index contributed by atoms with van der Waals surface area (Å²) in [6.45, 7) is 1.96. The van der Waals surface area contributed by atoms with Crippen LogP contribution in [-0.2, 0) is 4.79 Å². The van der Waals surface area contributed by atoms with Gasteiger partial charge in [-0.3, -0.25) is 4.79 Å². The number of anilines is 1. The zero-order valence-corrected chi connectivity index (χ0v) is 12.4. The Labute approximate surface area is 128 Å². The van der Waals surface area contributed by atoms with Crippen LogP contribution in [0.2, 0.25) is 5.15 Å². The van der Waals surface area contributed by atoms with Crippen LogP contribution in [0.5, 0.6) is 0 Å². The molecular formula is C14H18ClN3O3. The average Bonchev–Trinajstić information content (AvgIpc) is 2.48. The van der Waals surface area contributed by atoms with E-state index < -0.39 is 5.97 Å². The number of carbonyl (C=O) groups is 2. The largest absolute Gasteiger partial charge is 0.478 e. The summed E-state index contributed by atoms with van der Waals surface area (Å²) in [5.41, 5.74) is 0.0461. The van der Waals surface area contributed by atoms with E-state index in [9.17, 15) is 9.59 Å². The van der Waals surface area contributed by atoms with E-state index >= 15 is 0 Å². The first-order chi connectivity index (χ1) is 10.1. The van der Waals surface area contributed by atoms with Gasteiger partial charge < -0.3 is 15.3 Å². The van der Waals surface area contributed by atoms with Gasteiger partial charge in [0.1, 0.15) is 16.5 Å². The number of aromatic nitrogens is 1. The maximum atomic E-state index is 12.0. The molecule has 0 saturated carbocycles. The quantitative estimate of drug-likeness (QED) is 0.815. The van der Waals surface area contributed by atoms with Gasteiger partial charge in [-0.1, -0.05) is 11.6 Å². The molecule has 1 saturated heterocycles. The number of piperidine rings is 1. The lowest BCUT2D eigenvalue weighted by Crippen LogP contribution is -2.36. The number of rotatable bonds is 5. The molecule has 1 aliphatic rings. The van der Waals surface area contributed by atoms with Crippen LogP contribution in [0.15, 0.2) is 12.1 Å². The van der Waals surface area contributed by atoms with Crippen molar-refractivity contribution in [2.45, 2.75) is 25.7 Å². The molecule has 0 unspecified atom stereocenters. The Bertz CT molecular complexity index is 530. The van der Waals surface area contributed by atoms with Crippen LogP contribution in [0.1, 0.15) is 36.0 Å². The first kappa shape index (κ1) is 15.6. The fraction of sp³-hybridized carbons (Fsp3) is 0.500. The molecule has 0 atom stereocenters. The Balaban J connectivity index is 1.89. The molecule has 1 amide bonds. The van der Waals surface area contributed by atoms with Crippen LogP contribution in [-0.4, -0.2) is 46.5 Å². The molecule has 2 N–H and O–H groups in total. The van der Waals surface area contributed by atoms with Crippen molar-refractivity contribution in [2.75, 3.05) is 25.0 Å². The van der Waals surface area contributed by atoms with Crippen molar-refractivity contribution >= 4 is 29.3 Å². The highest BCUT2D eigenvalue weighted by atomic mass is 35.5. The number of carbonyl (C=O) groups excluding carboxylic acids is 1. The van der Waals surface area contributed by atoms with Crippen LogP contribution in [0.3, 0.4) is 0 Å². The van der Waals surface area contributed by atoms with Gasteiger partial charge in [-0.05, 0) is 31.4 Å². The summed E-state index contributed by atoms with van der Waals surface area (Å²) >= 11 is 5.77. The zero-order valence-electron chi connectivity index (χ0n) is 11.6. The summed E-state index contributed by atoms with van der Waals surface area (Å²) in [6, 6.07) is 2.82. The molecule has 0 spiro atoms. The number of nitrogens with zero attached hydrogens (tertiary/aromatic N) is 2. The van der Waals surface area contributed by atoms with Crippen molar-refractivity contribution in [3.63, 3.8) is 0 Å². The summed E-state index contributed by atoms with van der Waals surface area (Å²) in [5, 5.41) is 12.2. The van der Waals surface area contributed by atoms with Crippen molar-refractivity contribution in [3.05, 3.63) is 22.8 Å². The molecule has 114 valence electrons. The third-order valence-electron chi connectivity index (χ3n) is 3.43. The number of nitrogens with one attached hydrogen (secondary N) is 1. The summed E-state index contributed by atoms with van der Waals surface area (Å²) in [5.74, 6) is -0.799. The fourth-order valence-corrected chi connectivity index (χ4v) is 2.48. The van der Waals surface area contributed by atoms with Crippen LogP contribution in [0.25, 0.3) is 0 Å². The van der Waals surface area contributed by atoms with Crippen LogP contribution < -0.4 is 5.32 Å². The number of pyridine rings is 1. The number of likely N-dealkylation sites (tertiary alicyclic amines) is 1. The van der Waals surface area contributed by atoms with Crippen LogP contribution in [0, 0.1) is 0 Å². The molecule has 6 nitrogen and oxygen atoms in total. The first-order valence-electron chi connectivity index (χ1n) is 6.99. The molecule has 21 heavy (non-hydrogen) atoms. The second-order valence-electron chi connectivity index (χ2n) is 4.95. The zero-order chi connectivity index (χ0) is 15.2. The van der Waals surface area contributed by atoms with Gasteiger partial charge >= 0.3 is 5.97 Å². The smallest absolute Gasteiger partial charge is 0.339 e. The molecule has 0 radical (unpaired) electrons. The van der Waals surface area contributed by atoms with Crippen molar-refractivity contribution in [1.29, 1.82) is 0 Å². The Kier molecular flexibility index (Phi) is 5.38. The third-order valence-corrected chi connectivity index (χ3v) is 3.64.